The summed E-state index contributed by atoms with van der Waals surface area (Å²) >= 11 is 1.57. The molecule has 30 heavy (non-hydrogen) atoms. The number of nitrogens with one attached hydrogen (secondary N) is 2. The second-order valence-electron chi connectivity index (χ2n) is 6.46. The highest BCUT2D eigenvalue weighted by atomic mass is 32.2. The summed E-state index contributed by atoms with van der Waals surface area (Å²) in [5.74, 6) is 0.285. The molecule has 3 aromatic rings. The molecule has 156 valence electrons. The molecule has 0 spiro atoms. The number of thiazole rings is 1. The van der Waals surface area contributed by atoms with Gasteiger partial charge in [-0.2, -0.15) is 0 Å². The Kier molecular flexibility index (Phi) is 6.86. The molecule has 2 N–H and O–H groups in total. The summed E-state index contributed by atoms with van der Waals surface area (Å²) in [5, 5.41) is 5.62. The molecule has 0 unspecified atom stereocenters. The number of carbonyl (C=O) groups is 1. The number of aromatic nitrogens is 1. The number of para-hydroxylation sites is 2. The first-order valence-corrected chi connectivity index (χ1v) is 11.8. The van der Waals surface area contributed by atoms with Gasteiger partial charge in [0.05, 0.1) is 28.3 Å². The average Bonchev–Trinajstić information content (AvgIpc) is 3.11. The Morgan fingerprint density at radius 1 is 1.17 bits per heavy atom. The lowest BCUT2D eigenvalue weighted by atomic mass is 10.2. The summed E-state index contributed by atoms with van der Waals surface area (Å²) in [5.41, 5.74) is 2.33. The van der Waals surface area contributed by atoms with Crippen molar-refractivity contribution in [3.63, 3.8) is 0 Å². The van der Waals surface area contributed by atoms with Crippen molar-refractivity contribution in [3.8, 4) is 5.75 Å². The minimum atomic E-state index is -3.46. The van der Waals surface area contributed by atoms with E-state index in [2.05, 4.69) is 15.0 Å². The predicted octanol–water partition coefficient (Wildman–Crippen LogP) is 4.05. The smallest absolute Gasteiger partial charge is 0.248 e. The summed E-state index contributed by atoms with van der Waals surface area (Å²) in [6.07, 6.45) is 4.08. The first kappa shape index (κ1) is 21.5. The molecule has 2 aromatic carbocycles. The lowest BCUT2D eigenvalue weighted by Gasteiger charge is -2.10. The molecular formula is C21H21N3O4S2. The van der Waals surface area contributed by atoms with Crippen LogP contribution in [0.5, 0.6) is 5.75 Å². The fraction of sp³-hybridized carbons (Fsp3) is 0.143. The van der Waals surface area contributed by atoms with Crippen molar-refractivity contribution in [2.75, 3.05) is 16.3 Å². The van der Waals surface area contributed by atoms with E-state index in [-0.39, 0.29) is 5.91 Å². The normalized spacial score (nSPS) is 11.4. The van der Waals surface area contributed by atoms with Crippen molar-refractivity contribution in [1.29, 1.82) is 0 Å². The van der Waals surface area contributed by atoms with E-state index in [1.807, 2.05) is 36.6 Å². The number of aryl methyl sites for hydroxylation is 1. The summed E-state index contributed by atoms with van der Waals surface area (Å²) < 4.78 is 31.1. The summed E-state index contributed by atoms with van der Waals surface area (Å²) in [6.45, 7) is 2.32. The zero-order valence-electron chi connectivity index (χ0n) is 16.5. The molecule has 0 aliphatic heterocycles. The lowest BCUT2D eigenvalue weighted by molar-refractivity contribution is -0.111. The molecule has 7 nitrogen and oxygen atoms in total. The molecule has 0 aliphatic carbocycles. The minimum Gasteiger partial charge on any atom is -0.487 e. The molecule has 9 heteroatoms. The molecule has 0 bridgehead atoms. The number of nitrogens with zero attached hydrogens (tertiary/aromatic N) is 1. The number of rotatable bonds is 8. The third-order valence-corrected chi connectivity index (χ3v) is 5.23. The van der Waals surface area contributed by atoms with Crippen molar-refractivity contribution in [2.24, 2.45) is 0 Å². The van der Waals surface area contributed by atoms with Gasteiger partial charge in [-0.25, -0.2) is 13.4 Å². The number of hydrogen-bond donors (Lipinski definition) is 2. The summed E-state index contributed by atoms with van der Waals surface area (Å²) in [6, 6.07) is 13.9. The Bertz CT molecular complexity index is 1170. The first-order valence-electron chi connectivity index (χ1n) is 8.98. The number of benzene rings is 2. The van der Waals surface area contributed by atoms with Crippen LogP contribution in [0, 0.1) is 6.92 Å². The number of sulfonamides is 1. The van der Waals surface area contributed by atoms with E-state index in [9.17, 15) is 13.2 Å². The molecular weight excluding hydrogens is 422 g/mol. The van der Waals surface area contributed by atoms with Crippen LogP contribution < -0.4 is 14.8 Å². The van der Waals surface area contributed by atoms with Crippen LogP contribution in [-0.2, 0) is 21.4 Å². The van der Waals surface area contributed by atoms with Gasteiger partial charge in [-0.1, -0.05) is 24.3 Å². The SMILES string of the molecule is Cc1nc(COc2cccc(/C=C/C(=O)Nc3ccccc3NS(C)(=O)=O)c2)cs1. The van der Waals surface area contributed by atoms with Crippen LogP contribution in [0.4, 0.5) is 11.4 Å². The van der Waals surface area contributed by atoms with Crippen molar-refractivity contribution in [1.82, 2.24) is 4.98 Å². The molecule has 0 saturated heterocycles. The fourth-order valence-corrected chi connectivity index (χ4v) is 3.74. The number of carbonyl (C=O) groups excluding carboxylic acids is 1. The average molecular weight is 444 g/mol. The highest BCUT2D eigenvalue weighted by molar-refractivity contribution is 7.92. The Morgan fingerprint density at radius 3 is 2.63 bits per heavy atom. The molecule has 1 amide bonds. The van der Waals surface area contributed by atoms with E-state index in [1.165, 1.54) is 6.08 Å². The fourth-order valence-electron chi connectivity index (χ4n) is 2.57. The highest BCUT2D eigenvalue weighted by Crippen LogP contribution is 2.22. The standard InChI is InChI=1S/C21H21N3O4S2/c1-15-22-17(14-29-15)13-28-18-7-5-6-16(12-18)10-11-21(25)23-19-8-3-4-9-20(19)24-30(2,26)27/h3-12,14,24H,13H2,1-2H3,(H,23,25)/b11-10+. The van der Waals surface area contributed by atoms with Crippen LogP contribution in [0.3, 0.4) is 0 Å². The molecule has 0 saturated carbocycles. The van der Waals surface area contributed by atoms with Gasteiger partial charge in [0.1, 0.15) is 12.4 Å². The van der Waals surface area contributed by atoms with Gasteiger partial charge in [0.15, 0.2) is 0 Å². The first-order chi connectivity index (χ1) is 14.3. The molecule has 3 rings (SSSR count). The largest absolute Gasteiger partial charge is 0.487 e. The van der Waals surface area contributed by atoms with Gasteiger partial charge in [-0.05, 0) is 42.8 Å². The van der Waals surface area contributed by atoms with E-state index in [1.54, 1.807) is 41.7 Å². The van der Waals surface area contributed by atoms with Crippen molar-refractivity contribution < 1.29 is 17.9 Å². The van der Waals surface area contributed by atoms with E-state index < -0.39 is 10.0 Å². The Labute approximate surface area is 179 Å². The molecule has 0 fully saturated rings. The van der Waals surface area contributed by atoms with Gasteiger partial charge in [-0.15, -0.1) is 11.3 Å². The third-order valence-electron chi connectivity index (χ3n) is 3.82. The molecule has 0 radical (unpaired) electrons. The van der Waals surface area contributed by atoms with Crippen LogP contribution in [0.1, 0.15) is 16.3 Å². The van der Waals surface area contributed by atoms with Crippen LogP contribution in [0.15, 0.2) is 60.0 Å². The van der Waals surface area contributed by atoms with Crippen LogP contribution in [0.25, 0.3) is 6.08 Å². The lowest BCUT2D eigenvalue weighted by Crippen LogP contribution is -2.14. The third kappa shape index (κ3) is 6.71. The molecule has 1 aromatic heterocycles. The minimum absolute atomic E-state index is 0.300. The Balaban J connectivity index is 1.63. The topological polar surface area (TPSA) is 97.4 Å². The van der Waals surface area contributed by atoms with Crippen LogP contribution in [-0.4, -0.2) is 25.6 Å². The van der Waals surface area contributed by atoms with Gasteiger partial charge < -0.3 is 10.1 Å². The van der Waals surface area contributed by atoms with Crippen LogP contribution >= 0.6 is 11.3 Å². The maximum absolute atomic E-state index is 12.3. The van der Waals surface area contributed by atoms with Gasteiger partial charge in [-0.3, -0.25) is 9.52 Å². The number of ether oxygens (including phenoxy) is 1. The van der Waals surface area contributed by atoms with Gasteiger partial charge in [0.25, 0.3) is 0 Å². The highest BCUT2D eigenvalue weighted by Gasteiger charge is 2.08. The monoisotopic (exact) mass is 443 g/mol. The second kappa shape index (κ2) is 9.55. The van der Waals surface area contributed by atoms with Crippen molar-refractivity contribution in [2.45, 2.75) is 13.5 Å². The second-order valence-corrected chi connectivity index (χ2v) is 9.27. The van der Waals surface area contributed by atoms with Crippen molar-refractivity contribution in [3.05, 3.63) is 76.3 Å². The van der Waals surface area contributed by atoms with Gasteiger partial charge >= 0.3 is 0 Å². The van der Waals surface area contributed by atoms with E-state index in [0.29, 0.717) is 23.7 Å². The summed E-state index contributed by atoms with van der Waals surface area (Å²) in [7, 11) is -3.46. The van der Waals surface area contributed by atoms with Crippen LogP contribution in [0.2, 0.25) is 0 Å². The van der Waals surface area contributed by atoms with E-state index in [0.717, 1.165) is 22.5 Å². The van der Waals surface area contributed by atoms with E-state index in [4.69, 9.17) is 4.74 Å². The summed E-state index contributed by atoms with van der Waals surface area (Å²) in [4.78, 5) is 16.6. The maximum Gasteiger partial charge on any atom is 0.248 e. The molecule has 1 heterocycles. The number of anilines is 2. The maximum atomic E-state index is 12.3. The molecule has 0 aliphatic rings. The predicted molar refractivity (Wildman–Crippen MR) is 120 cm³/mol. The number of amides is 1. The van der Waals surface area contributed by atoms with Gasteiger partial charge in [0, 0.05) is 11.5 Å². The molecule has 0 atom stereocenters. The van der Waals surface area contributed by atoms with E-state index >= 15 is 0 Å². The quantitative estimate of drug-likeness (QED) is 0.512. The zero-order chi connectivity index (χ0) is 21.6. The van der Waals surface area contributed by atoms with Gasteiger partial charge in [0.2, 0.25) is 15.9 Å². The zero-order valence-corrected chi connectivity index (χ0v) is 18.1. The number of hydrogen-bond acceptors (Lipinski definition) is 6. The Morgan fingerprint density at radius 2 is 1.93 bits per heavy atom. The Hall–Kier alpha value is -3.17. The van der Waals surface area contributed by atoms with Crippen molar-refractivity contribution >= 4 is 44.7 Å².